The minimum atomic E-state index is -0.411. The molecular weight excluding hydrogens is 874 g/mol. The van der Waals surface area contributed by atoms with E-state index in [1.54, 1.807) is 54.6 Å². The first-order chi connectivity index (χ1) is 30.6. The van der Waals surface area contributed by atoms with E-state index < -0.39 is 11.8 Å². The quantitative estimate of drug-likeness (QED) is 0.115. The average molecular weight is 916 g/mol. The summed E-state index contributed by atoms with van der Waals surface area (Å²) < 4.78 is 28.0. The monoisotopic (exact) mass is 914 g/mol. The molecule has 2 saturated heterocycles. The molecule has 1 N–H and O–H groups in total. The van der Waals surface area contributed by atoms with Crippen molar-refractivity contribution in [2.75, 3.05) is 44.6 Å². The molecule has 10 rings (SSSR count). The number of amides is 6. The molecule has 4 aliphatic rings. The number of halogens is 3. The minimum Gasteiger partial charge on any atom is -0.361 e. The standard InChI is InChI=1S/C24H20FN3O3.C12H9BrFNO2.C12H12N2O/c25-13-16(15-28-23(30)19-4-1-2-5-20(19)24(28)31)14-27-11-8-17-12-18(6-7-21(17)27)22(29)26-9-3-10-26;13-5-8(6-14)7-15-11(16)9-3-1-2-4-10(9)12(15)17;15-12(14-6-1-7-14)10-2-3-11-9(8-10)4-5-13-11/h1-2,4-8,11-13H,3,9-10,14-15H2;1-4,6H,5,7H2;2-5,8,13H,1,6-7H2/b16-13-;8-6-;. The van der Waals surface area contributed by atoms with Gasteiger partial charge in [0.2, 0.25) is 0 Å². The van der Waals surface area contributed by atoms with Gasteiger partial charge in [0.15, 0.2) is 0 Å². The zero-order valence-corrected chi connectivity index (χ0v) is 35.5. The van der Waals surface area contributed by atoms with E-state index in [1.165, 1.54) is 0 Å². The largest absolute Gasteiger partial charge is 0.361 e. The van der Waals surface area contributed by atoms with E-state index >= 15 is 0 Å². The van der Waals surface area contributed by atoms with Crippen LogP contribution in [0.25, 0.3) is 21.8 Å². The first-order valence-electron chi connectivity index (χ1n) is 20.4. The minimum absolute atomic E-state index is 0.0197. The molecule has 12 nitrogen and oxygen atoms in total. The van der Waals surface area contributed by atoms with Crippen LogP contribution in [0.15, 0.2) is 133 Å². The lowest BCUT2D eigenvalue weighted by atomic mass is 10.1. The Morgan fingerprint density at radius 3 is 1.52 bits per heavy atom. The van der Waals surface area contributed by atoms with Crippen molar-refractivity contribution < 1.29 is 37.5 Å². The van der Waals surface area contributed by atoms with Gasteiger partial charge in [-0.15, -0.1) is 0 Å². The Bertz CT molecular complexity index is 2790. The van der Waals surface area contributed by atoms with Crippen LogP contribution in [0.2, 0.25) is 0 Å². The van der Waals surface area contributed by atoms with Crippen molar-refractivity contribution in [3.8, 4) is 0 Å². The SMILES string of the molecule is O=C(c1ccc2[nH]ccc2c1)N1CCC1.O=C(c1ccc2c(ccn2C/C(=C/F)CN2C(=O)c3ccccc3C2=O)c1)N1CCC1.O=C1c2ccccc2C(=O)N1C/C(=C\F)CBr. The molecule has 4 aromatic carbocycles. The Labute approximate surface area is 369 Å². The van der Waals surface area contributed by atoms with E-state index in [0.29, 0.717) is 51.6 Å². The number of carbonyl (C=O) groups is 6. The van der Waals surface area contributed by atoms with Crippen LogP contribution in [-0.2, 0) is 6.54 Å². The summed E-state index contributed by atoms with van der Waals surface area (Å²) in [7, 11) is 0. The maximum absolute atomic E-state index is 13.7. The van der Waals surface area contributed by atoms with Gasteiger partial charge in [0.25, 0.3) is 35.4 Å². The van der Waals surface area contributed by atoms with Gasteiger partial charge in [-0.1, -0.05) is 40.2 Å². The van der Waals surface area contributed by atoms with Crippen LogP contribution in [0, 0.1) is 0 Å². The molecule has 63 heavy (non-hydrogen) atoms. The topological polar surface area (TPSA) is 136 Å². The summed E-state index contributed by atoms with van der Waals surface area (Å²) in [5.74, 6) is -1.38. The zero-order chi connectivity index (χ0) is 44.2. The molecule has 0 saturated carbocycles. The molecule has 4 aliphatic heterocycles. The number of rotatable bonds is 9. The van der Waals surface area contributed by atoms with Crippen molar-refractivity contribution in [2.45, 2.75) is 19.4 Å². The maximum Gasteiger partial charge on any atom is 0.261 e. The maximum atomic E-state index is 13.7. The summed E-state index contributed by atoms with van der Waals surface area (Å²) in [6, 6.07) is 28.3. The molecule has 6 amide bonds. The molecule has 6 aromatic rings. The van der Waals surface area contributed by atoms with Crippen molar-refractivity contribution in [3.63, 3.8) is 0 Å². The molecule has 0 bridgehead atoms. The lowest BCUT2D eigenvalue weighted by molar-refractivity contribution is 0.0645. The van der Waals surface area contributed by atoms with E-state index in [4.69, 9.17) is 0 Å². The van der Waals surface area contributed by atoms with Gasteiger partial charge in [-0.25, -0.2) is 8.78 Å². The number of alkyl halides is 1. The van der Waals surface area contributed by atoms with Gasteiger partial charge in [-0.3, -0.25) is 38.6 Å². The highest BCUT2D eigenvalue weighted by atomic mass is 79.9. The third kappa shape index (κ3) is 8.60. The smallest absolute Gasteiger partial charge is 0.261 e. The number of hydrogen-bond donors (Lipinski definition) is 1. The van der Waals surface area contributed by atoms with E-state index in [1.807, 2.05) is 69.2 Å². The zero-order valence-electron chi connectivity index (χ0n) is 33.9. The fourth-order valence-corrected chi connectivity index (χ4v) is 7.98. The van der Waals surface area contributed by atoms with Gasteiger partial charge in [0.05, 0.1) is 48.0 Å². The number of H-pyrrole nitrogens is 1. The Morgan fingerprint density at radius 1 is 0.587 bits per heavy atom. The number of aromatic nitrogens is 2. The number of carbonyl (C=O) groups excluding carboxylic acids is 6. The molecule has 2 fully saturated rings. The van der Waals surface area contributed by atoms with Gasteiger partial charge in [-0.2, -0.15) is 0 Å². The first kappa shape index (κ1) is 42.7. The normalized spacial score (nSPS) is 15.7. The molecule has 6 heterocycles. The highest BCUT2D eigenvalue weighted by Gasteiger charge is 2.36. The molecular formula is C48H41BrF2N6O6. The second kappa shape index (κ2) is 18.5. The second-order valence-corrected chi connectivity index (χ2v) is 16.0. The third-order valence-corrected chi connectivity index (χ3v) is 12.2. The number of nitrogens with one attached hydrogen (secondary N) is 1. The summed E-state index contributed by atoms with van der Waals surface area (Å²) >= 11 is 3.10. The molecule has 320 valence electrons. The Kier molecular flexibility index (Phi) is 12.6. The van der Waals surface area contributed by atoms with Crippen LogP contribution in [-0.4, -0.2) is 109 Å². The van der Waals surface area contributed by atoms with Crippen molar-refractivity contribution in [3.05, 3.63) is 167 Å². The van der Waals surface area contributed by atoms with E-state index in [0.717, 1.165) is 76.2 Å². The van der Waals surface area contributed by atoms with Gasteiger partial charge < -0.3 is 19.4 Å². The number of hydrogen-bond acceptors (Lipinski definition) is 6. The highest BCUT2D eigenvalue weighted by molar-refractivity contribution is 9.09. The van der Waals surface area contributed by atoms with E-state index in [9.17, 15) is 37.5 Å². The summed E-state index contributed by atoms with van der Waals surface area (Å²) in [6.07, 6.45) is 6.75. The molecule has 0 atom stereocenters. The second-order valence-electron chi connectivity index (χ2n) is 15.4. The van der Waals surface area contributed by atoms with Crippen molar-refractivity contribution >= 4 is 73.2 Å². The van der Waals surface area contributed by atoms with Gasteiger partial charge in [0.1, 0.15) is 0 Å². The molecule has 2 aromatic heterocycles. The lowest BCUT2D eigenvalue weighted by Gasteiger charge is -2.30. The fourth-order valence-electron chi connectivity index (χ4n) is 7.68. The summed E-state index contributed by atoms with van der Waals surface area (Å²) in [4.78, 5) is 82.3. The first-order valence-corrected chi connectivity index (χ1v) is 21.5. The number of likely N-dealkylation sites (tertiary alicyclic amines) is 2. The highest BCUT2D eigenvalue weighted by Crippen LogP contribution is 2.27. The third-order valence-electron chi connectivity index (χ3n) is 11.4. The van der Waals surface area contributed by atoms with Gasteiger partial charge >= 0.3 is 0 Å². The van der Waals surface area contributed by atoms with Crippen LogP contribution in [0.3, 0.4) is 0 Å². The number of nitrogens with zero attached hydrogens (tertiary/aromatic N) is 5. The summed E-state index contributed by atoms with van der Waals surface area (Å²) in [5, 5.41) is 2.27. The number of fused-ring (bicyclic) bond motifs is 4. The molecule has 0 radical (unpaired) electrons. The predicted octanol–water partition coefficient (Wildman–Crippen LogP) is 8.18. The number of benzene rings is 4. The van der Waals surface area contributed by atoms with Crippen LogP contribution < -0.4 is 0 Å². The Balaban J connectivity index is 0.000000143. The molecule has 15 heteroatoms. The Hall–Kier alpha value is -7.00. The average Bonchev–Trinajstić information content (AvgIpc) is 4.03. The molecule has 0 aliphatic carbocycles. The summed E-state index contributed by atoms with van der Waals surface area (Å²) in [5.41, 5.74) is 5.45. The van der Waals surface area contributed by atoms with Crippen LogP contribution >= 0.6 is 15.9 Å². The number of aromatic amines is 1. The van der Waals surface area contributed by atoms with Crippen LogP contribution in [0.1, 0.15) is 75.0 Å². The van der Waals surface area contributed by atoms with Crippen molar-refractivity contribution in [2.24, 2.45) is 0 Å². The van der Waals surface area contributed by atoms with Gasteiger partial charge in [0, 0.05) is 83.4 Å². The van der Waals surface area contributed by atoms with Crippen LogP contribution in [0.5, 0.6) is 0 Å². The van der Waals surface area contributed by atoms with Crippen molar-refractivity contribution in [1.82, 2.24) is 29.2 Å². The molecule has 0 unspecified atom stereocenters. The van der Waals surface area contributed by atoms with Gasteiger partial charge in [-0.05, 0) is 96.8 Å². The Morgan fingerprint density at radius 2 is 1.06 bits per heavy atom. The van der Waals surface area contributed by atoms with E-state index in [-0.39, 0.29) is 48.6 Å². The number of imide groups is 2. The lowest BCUT2D eigenvalue weighted by Crippen LogP contribution is -2.41. The van der Waals surface area contributed by atoms with Crippen LogP contribution in [0.4, 0.5) is 8.78 Å². The van der Waals surface area contributed by atoms with E-state index in [2.05, 4.69) is 20.9 Å². The summed E-state index contributed by atoms with van der Waals surface area (Å²) in [6.45, 7) is 3.45. The predicted molar refractivity (Wildman–Crippen MR) is 237 cm³/mol. The molecule has 0 spiro atoms. The van der Waals surface area contributed by atoms with Crippen molar-refractivity contribution in [1.29, 1.82) is 0 Å². The fraction of sp³-hybridized carbons (Fsp3) is 0.208.